The zero-order chi connectivity index (χ0) is 68.9. The van der Waals surface area contributed by atoms with Gasteiger partial charge in [-0.25, -0.2) is 14.6 Å². The number of para-hydroxylation sites is 2. The first-order valence-electron chi connectivity index (χ1n) is 37.2. The van der Waals surface area contributed by atoms with Gasteiger partial charge in [0.15, 0.2) is 0 Å². The maximum atomic E-state index is 15.6. The highest BCUT2D eigenvalue weighted by atomic mass is 79.9. The summed E-state index contributed by atoms with van der Waals surface area (Å²) in [6.45, 7) is 22.9. The van der Waals surface area contributed by atoms with E-state index in [2.05, 4.69) is 85.2 Å². The number of anilines is 2. The maximum absolute atomic E-state index is 15.6. The zero-order valence-electron chi connectivity index (χ0n) is 59.7. The largest absolute Gasteiger partial charge is 0.493 e. The van der Waals surface area contributed by atoms with E-state index in [1.807, 2.05) is 78.9 Å². The number of amides is 4. The van der Waals surface area contributed by atoms with Crippen LogP contribution in [0.5, 0.6) is 17.2 Å². The highest BCUT2D eigenvalue weighted by Crippen LogP contribution is 2.53. The van der Waals surface area contributed by atoms with E-state index in [1.165, 1.54) is 113 Å². The minimum absolute atomic E-state index is 0.0130. The first kappa shape index (κ1) is 72.4. The summed E-state index contributed by atoms with van der Waals surface area (Å²) in [4.78, 5) is 78.3. The number of carbonyl (C=O) groups is 5. The van der Waals surface area contributed by atoms with Crippen molar-refractivity contribution in [3.05, 3.63) is 146 Å². The van der Waals surface area contributed by atoms with Gasteiger partial charge in [0.25, 0.3) is 23.6 Å². The number of benzene rings is 8. The molecule has 0 radical (unpaired) electrons. The third kappa shape index (κ3) is 16.1. The molecule has 2 aliphatic rings. The van der Waals surface area contributed by atoms with Gasteiger partial charge in [0.2, 0.25) is 0 Å². The third-order valence-corrected chi connectivity index (χ3v) is 20.7. The van der Waals surface area contributed by atoms with Gasteiger partial charge >= 0.3 is 5.97 Å². The maximum Gasteiger partial charge on any atom is 0.338 e. The first-order valence-corrected chi connectivity index (χ1v) is 37.9. The summed E-state index contributed by atoms with van der Waals surface area (Å²) in [6.07, 6.45) is 27.7. The van der Waals surface area contributed by atoms with Crippen LogP contribution >= 0.6 is 15.9 Å². The second-order valence-corrected chi connectivity index (χ2v) is 29.5. The highest BCUT2D eigenvalue weighted by molar-refractivity contribution is 9.10. The van der Waals surface area contributed by atoms with E-state index in [9.17, 15) is 4.79 Å². The molecule has 0 bridgehead atoms. The van der Waals surface area contributed by atoms with Gasteiger partial charge in [-0.1, -0.05) is 249 Å². The number of halogens is 1. The Morgan fingerprint density at radius 3 is 1.13 bits per heavy atom. The van der Waals surface area contributed by atoms with Gasteiger partial charge in [0.1, 0.15) is 17.2 Å². The summed E-state index contributed by atoms with van der Waals surface area (Å²) in [5.74, 6) is -0.238. The lowest BCUT2D eigenvalue weighted by Crippen LogP contribution is -2.42. The summed E-state index contributed by atoms with van der Waals surface area (Å²) in [5.41, 5.74) is 6.89. The number of fused-ring (bicyclic) bond motifs is 2. The molecule has 0 spiro atoms. The predicted octanol–water partition coefficient (Wildman–Crippen LogP) is 24.0. The van der Waals surface area contributed by atoms with Crippen LogP contribution in [0.15, 0.2) is 95.5 Å². The summed E-state index contributed by atoms with van der Waals surface area (Å²) < 4.78 is 26.1. The summed E-state index contributed by atoms with van der Waals surface area (Å²) >= 11 is 3.97. The van der Waals surface area contributed by atoms with Crippen molar-refractivity contribution in [1.29, 1.82) is 0 Å². The van der Waals surface area contributed by atoms with Crippen molar-refractivity contribution in [3.8, 4) is 17.2 Å². The number of hydrogen-bond donors (Lipinski definition) is 0. The lowest BCUT2D eigenvalue weighted by Gasteiger charge is -2.34. The average molecular weight is 1380 g/mol. The standard InChI is InChI=1S/C85H105BrN2O9/c1-11-13-15-17-19-21-23-25-27-31-45-94-59-49-58(50-60(51-59)95-46-32-28-26-24-22-20-18-16-14-12-2)85(93)97-48-34-30-29-33-47-96-72-53-70-74-68(82(90)88(84(70)92)80-63(56(7)8)39-36-40-64(80)57(9)10)43-41-65-75-71(86)52-69-73-67(44-42-66(77(73)75)76(72)78(65)74)81(89)87(83(69)91)79-61(54(3)4)37-35-38-62(79)55(5)6/h35-44,49-57H,11-34,45-48H2,1-10H3. The van der Waals surface area contributed by atoms with Crippen LogP contribution in [0.2, 0.25) is 0 Å². The van der Waals surface area contributed by atoms with Crippen LogP contribution < -0.4 is 24.0 Å². The first-order chi connectivity index (χ1) is 47.0. The Labute approximate surface area is 585 Å². The lowest BCUT2D eigenvalue weighted by atomic mass is 9.81. The molecular formula is C85H105BrN2O9. The molecule has 0 aromatic heterocycles. The number of esters is 1. The van der Waals surface area contributed by atoms with Gasteiger partial charge in [-0.3, -0.25) is 19.2 Å². The fourth-order valence-corrected chi connectivity index (χ4v) is 15.5. The lowest BCUT2D eigenvalue weighted by molar-refractivity contribution is 0.0495. The molecule has 11 nitrogen and oxygen atoms in total. The Morgan fingerprint density at radius 1 is 0.371 bits per heavy atom. The van der Waals surface area contributed by atoms with Gasteiger partial charge < -0.3 is 18.9 Å². The molecule has 10 rings (SSSR count). The van der Waals surface area contributed by atoms with E-state index < -0.39 is 29.6 Å². The Kier molecular flexibility index (Phi) is 25.4. The SMILES string of the molecule is CCCCCCCCCCCCOc1cc(OCCCCCCCCCCCC)cc(C(=O)OCCCCCCOc2cc3c4c(ccc5c6c(Br)cc7c8c(ccc(c2c45)c86)C(=O)N(c2c(C(C)C)cccc2C(C)C)C7=O)C(=O)N(c2c(C(C)C)cccc2C(C)C)C3=O)c1. The number of hydrogen-bond acceptors (Lipinski definition) is 9. The van der Waals surface area contributed by atoms with Crippen LogP contribution in [-0.4, -0.2) is 56.0 Å². The van der Waals surface area contributed by atoms with Crippen molar-refractivity contribution in [3.63, 3.8) is 0 Å². The molecule has 0 atom stereocenters. The van der Waals surface area contributed by atoms with Crippen LogP contribution in [0.3, 0.4) is 0 Å². The summed E-state index contributed by atoms with van der Waals surface area (Å²) in [6, 6.07) is 28.7. The van der Waals surface area contributed by atoms with E-state index in [4.69, 9.17) is 18.9 Å². The van der Waals surface area contributed by atoms with E-state index in [0.717, 1.165) is 82.3 Å². The van der Waals surface area contributed by atoms with Gasteiger partial charge in [0, 0.05) is 54.0 Å². The molecule has 8 aromatic rings. The van der Waals surface area contributed by atoms with Gasteiger partial charge in [-0.05, 0) is 132 Å². The van der Waals surface area contributed by atoms with Gasteiger partial charge in [-0.2, -0.15) is 0 Å². The fraction of sp³-hybridized carbons (Fsp3) is 0.494. The van der Waals surface area contributed by atoms with Crippen LogP contribution in [0.1, 0.15) is 321 Å². The van der Waals surface area contributed by atoms with E-state index >= 15 is 19.2 Å². The van der Waals surface area contributed by atoms with Gasteiger partial charge in [0.05, 0.1) is 54.5 Å². The van der Waals surface area contributed by atoms with Crippen molar-refractivity contribution in [1.82, 2.24) is 0 Å². The van der Waals surface area contributed by atoms with Crippen molar-refractivity contribution in [2.75, 3.05) is 36.2 Å². The second-order valence-electron chi connectivity index (χ2n) is 28.6. The predicted molar refractivity (Wildman–Crippen MR) is 402 cm³/mol. The monoisotopic (exact) mass is 1380 g/mol. The van der Waals surface area contributed by atoms with Crippen molar-refractivity contribution < 1.29 is 42.9 Å². The van der Waals surface area contributed by atoms with Crippen molar-refractivity contribution in [2.45, 2.75) is 247 Å². The molecule has 0 saturated heterocycles. The third-order valence-electron chi connectivity index (χ3n) is 20.1. The number of ether oxygens (including phenoxy) is 4. The smallest absolute Gasteiger partial charge is 0.338 e. The number of unbranched alkanes of at least 4 members (excludes halogenated alkanes) is 21. The normalized spacial score (nSPS) is 13.3. The molecule has 516 valence electrons. The van der Waals surface area contributed by atoms with Crippen LogP contribution in [0, 0.1) is 0 Å². The molecule has 8 aromatic carbocycles. The number of nitrogens with zero attached hydrogens (tertiary/aromatic N) is 2. The molecule has 2 heterocycles. The molecule has 0 aliphatic carbocycles. The summed E-state index contributed by atoms with van der Waals surface area (Å²) in [5, 5.41) is 5.47. The molecular weight excluding hydrogens is 1270 g/mol. The van der Waals surface area contributed by atoms with Crippen LogP contribution in [0.25, 0.3) is 43.1 Å². The molecule has 4 amide bonds. The number of carbonyl (C=O) groups excluding carboxylic acids is 5. The molecule has 97 heavy (non-hydrogen) atoms. The minimum atomic E-state index is -0.430. The average Bonchev–Trinajstić information content (AvgIpc) is 0.682. The highest BCUT2D eigenvalue weighted by Gasteiger charge is 2.42. The number of imide groups is 2. The zero-order valence-corrected chi connectivity index (χ0v) is 61.3. The van der Waals surface area contributed by atoms with Crippen molar-refractivity contribution >= 4 is 100.0 Å². The van der Waals surface area contributed by atoms with Crippen LogP contribution in [-0.2, 0) is 4.74 Å². The van der Waals surface area contributed by atoms with E-state index in [-0.39, 0.29) is 30.3 Å². The topological polar surface area (TPSA) is 129 Å². The molecule has 2 aliphatic heterocycles. The molecule has 0 N–H and O–H groups in total. The Bertz CT molecular complexity index is 4010. The molecule has 0 saturated carbocycles. The van der Waals surface area contributed by atoms with Gasteiger partial charge in [-0.15, -0.1) is 0 Å². The van der Waals surface area contributed by atoms with Crippen LogP contribution in [0.4, 0.5) is 11.4 Å². The Morgan fingerprint density at radius 2 is 0.722 bits per heavy atom. The minimum Gasteiger partial charge on any atom is -0.493 e. The Balaban J connectivity index is 0.885. The fourth-order valence-electron chi connectivity index (χ4n) is 14.8. The molecule has 0 unspecified atom stereocenters. The number of rotatable bonds is 39. The summed E-state index contributed by atoms with van der Waals surface area (Å²) in [7, 11) is 0. The van der Waals surface area contributed by atoms with E-state index in [0.29, 0.717) is 115 Å². The Hall–Kier alpha value is -7.31. The quantitative estimate of drug-likeness (QED) is 0.0122. The molecule has 12 heteroatoms. The van der Waals surface area contributed by atoms with E-state index in [1.54, 1.807) is 12.1 Å². The van der Waals surface area contributed by atoms with Crippen molar-refractivity contribution in [2.24, 2.45) is 0 Å². The molecule has 0 fully saturated rings. The second kappa shape index (κ2) is 34.0.